The first-order valence-electron chi connectivity index (χ1n) is 7.04. The quantitative estimate of drug-likeness (QED) is 0.562. The van der Waals surface area contributed by atoms with Crippen molar-refractivity contribution >= 4 is 27.0 Å². The van der Waals surface area contributed by atoms with Crippen LogP contribution in [0.4, 0.5) is 0 Å². The molecule has 5 heteroatoms. The van der Waals surface area contributed by atoms with Gasteiger partial charge in [0.1, 0.15) is 4.99 Å². The molecule has 3 nitrogen and oxygen atoms in total. The van der Waals surface area contributed by atoms with Crippen LogP contribution in [0.2, 0.25) is 0 Å². The van der Waals surface area contributed by atoms with Gasteiger partial charge in [0.25, 0.3) is 0 Å². The Morgan fingerprint density at radius 3 is 2.55 bits per heavy atom. The van der Waals surface area contributed by atoms with E-state index in [2.05, 4.69) is 6.92 Å². The van der Waals surface area contributed by atoms with Crippen molar-refractivity contribution in [3.63, 3.8) is 0 Å². The molecule has 0 amide bonds. The summed E-state index contributed by atoms with van der Waals surface area (Å²) in [6.45, 7) is 2.14. The topological polar surface area (TPSA) is 60.2 Å². The Bertz CT molecular complexity index is 539. The van der Waals surface area contributed by atoms with Gasteiger partial charge in [-0.3, -0.25) is 0 Å². The van der Waals surface area contributed by atoms with E-state index in [-0.39, 0.29) is 11.5 Å². The predicted molar refractivity (Wildman–Crippen MR) is 88.6 cm³/mol. The Balaban J connectivity index is 2.53. The van der Waals surface area contributed by atoms with Gasteiger partial charge in [-0.2, -0.15) is 0 Å². The van der Waals surface area contributed by atoms with Crippen LogP contribution >= 0.6 is 12.2 Å². The van der Waals surface area contributed by atoms with Crippen LogP contribution in [0.1, 0.15) is 50.2 Å². The van der Waals surface area contributed by atoms with Crippen molar-refractivity contribution in [3.8, 4) is 0 Å². The van der Waals surface area contributed by atoms with Crippen LogP contribution in [0.5, 0.6) is 0 Å². The number of hydrogen-bond donors (Lipinski definition) is 1. The molecule has 0 radical (unpaired) electrons. The molecule has 0 fully saturated rings. The molecule has 0 atom stereocenters. The predicted octanol–water partition coefficient (Wildman–Crippen LogP) is 3.21. The van der Waals surface area contributed by atoms with Crippen molar-refractivity contribution in [2.75, 3.05) is 5.75 Å². The van der Waals surface area contributed by atoms with E-state index >= 15 is 0 Å². The lowest BCUT2D eigenvalue weighted by atomic mass is 10.1. The molecular formula is C15H23NO2S2. The molecule has 0 unspecified atom stereocenters. The Kier molecular flexibility index (Phi) is 7.16. The van der Waals surface area contributed by atoms with Crippen molar-refractivity contribution < 1.29 is 8.42 Å². The fraction of sp³-hybridized carbons (Fsp3) is 0.533. The van der Waals surface area contributed by atoms with Gasteiger partial charge in [-0.25, -0.2) is 8.42 Å². The molecule has 0 aliphatic rings. The number of nitrogens with two attached hydrogens (primary N) is 1. The van der Waals surface area contributed by atoms with Gasteiger partial charge in [-0.15, -0.1) is 0 Å². The van der Waals surface area contributed by atoms with Crippen LogP contribution in [0.15, 0.2) is 24.3 Å². The maximum atomic E-state index is 12.0. The zero-order valence-electron chi connectivity index (χ0n) is 12.0. The molecule has 0 heterocycles. The Morgan fingerprint density at radius 2 is 1.90 bits per heavy atom. The highest BCUT2D eigenvalue weighted by Crippen LogP contribution is 2.12. The van der Waals surface area contributed by atoms with Gasteiger partial charge in [0.05, 0.1) is 11.5 Å². The minimum atomic E-state index is -3.05. The summed E-state index contributed by atoms with van der Waals surface area (Å²) in [4.78, 5) is 0.295. The maximum Gasteiger partial charge on any atom is 0.154 e. The Morgan fingerprint density at radius 1 is 1.20 bits per heavy atom. The minimum Gasteiger partial charge on any atom is -0.389 e. The standard InChI is InChI=1S/C15H23NO2S2/c1-2-3-4-5-6-10-20(17,18)12-13-8-7-9-14(11-13)15(16)19/h7-9,11H,2-6,10,12H2,1H3,(H2,16,19). The highest BCUT2D eigenvalue weighted by Gasteiger charge is 2.12. The number of hydrogen-bond acceptors (Lipinski definition) is 3. The fourth-order valence-corrected chi connectivity index (χ4v) is 3.67. The van der Waals surface area contributed by atoms with Crippen molar-refractivity contribution in [2.45, 2.75) is 44.8 Å². The van der Waals surface area contributed by atoms with Gasteiger partial charge in [0.2, 0.25) is 0 Å². The van der Waals surface area contributed by atoms with Gasteiger partial charge < -0.3 is 5.73 Å². The van der Waals surface area contributed by atoms with E-state index in [9.17, 15) is 8.42 Å². The van der Waals surface area contributed by atoms with Gasteiger partial charge in [-0.05, 0) is 18.1 Å². The lowest BCUT2D eigenvalue weighted by Gasteiger charge is -2.06. The average Bonchev–Trinajstić information content (AvgIpc) is 2.38. The van der Waals surface area contributed by atoms with Crippen LogP contribution in [0.25, 0.3) is 0 Å². The fourth-order valence-electron chi connectivity index (χ4n) is 2.07. The second-order valence-corrected chi connectivity index (χ2v) is 7.69. The summed E-state index contributed by atoms with van der Waals surface area (Å²) >= 11 is 4.90. The summed E-state index contributed by atoms with van der Waals surface area (Å²) in [7, 11) is -3.05. The molecule has 0 aliphatic carbocycles. The summed E-state index contributed by atoms with van der Waals surface area (Å²) in [6, 6.07) is 7.15. The summed E-state index contributed by atoms with van der Waals surface area (Å²) in [5.41, 5.74) is 7.03. The van der Waals surface area contributed by atoms with E-state index in [0.717, 1.165) is 30.4 Å². The lowest BCUT2D eigenvalue weighted by molar-refractivity contribution is 0.586. The molecule has 0 bridgehead atoms. The number of thiocarbonyl (C=S) groups is 1. The first kappa shape index (κ1) is 17.1. The van der Waals surface area contributed by atoms with E-state index < -0.39 is 9.84 Å². The summed E-state index contributed by atoms with van der Waals surface area (Å²) in [5, 5.41) is 0. The van der Waals surface area contributed by atoms with E-state index in [4.69, 9.17) is 18.0 Å². The van der Waals surface area contributed by atoms with Gasteiger partial charge in [0, 0.05) is 5.56 Å². The molecule has 1 aromatic rings. The Labute approximate surface area is 127 Å². The largest absolute Gasteiger partial charge is 0.389 e. The average molecular weight is 313 g/mol. The molecule has 2 N–H and O–H groups in total. The molecule has 1 aromatic carbocycles. The smallest absolute Gasteiger partial charge is 0.154 e. The van der Waals surface area contributed by atoms with Crippen LogP contribution in [-0.2, 0) is 15.6 Å². The molecular weight excluding hydrogens is 290 g/mol. The number of benzene rings is 1. The summed E-state index contributed by atoms with van der Waals surface area (Å²) in [6.07, 6.45) is 5.19. The third-order valence-electron chi connectivity index (χ3n) is 3.16. The summed E-state index contributed by atoms with van der Waals surface area (Å²) < 4.78 is 24.1. The van der Waals surface area contributed by atoms with Crippen molar-refractivity contribution in [3.05, 3.63) is 35.4 Å². The zero-order chi connectivity index (χ0) is 15.0. The third kappa shape index (κ3) is 6.48. The Hall–Kier alpha value is -0.940. The molecule has 0 saturated heterocycles. The van der Waals surface area contributed by atoms with Crippen LogP contribution < -0.4 is 5.73 Å². The van der Waals surface area contributed by atoms with Crippen LogP contribution in [-0.4, -0.2) is 19.2 Å². The molecule has 0 aliphatic heterocycles. The third-order valence-corrected chi connectivity index (χ3v) is 5.08. The molecule has 0 spiro atoms. The maximum absolute atomic E-state index is 12.0. The molecule has 0 aromatic heterocycles. The number of unbranched alkanes of at least 4 members (excludes halogenated alkanes) is 4. The highest BCUT2D eigenvalue weighted by atomic mass is 32.2. The SMILES string of the molecule is CCCCCCCS(=O)(=O)Cc1cccc(C(N)=S)c1. The van der Waals surface area contributed by atoms with Crippen LogP contribution in [0.3, 0.4) is 0 Å². The van der Waals surface area contributed by atoms with Crippen LogP contribution in [0, 0.1) is 0 Å². The van der Waals surface area contributed by atoms with E-state index in [1.165, 1.54) is 12.8 Å². The van der Waals surface area contributed by atoms with E-state index in [0.29, 0.717) is 4.99 Å². The molecule has 0 saturated carbocycles. The number of rotatable bonds is 9. The molecule has 20 heavy (non-hydrogen) atoms. The zero-order valence-corrected chi connectivity index (χ0v) is 13.6. The van der Waals surface area contributed by atoms with E-state index in [1.54, 1.807) is 24.3 Å². The second kappa shape index (κ2) is 8.37. The summed E-state index contributed by atoms with van der Waals surface area (Å²) in [5.74, 6) is 0.325. The minimum absolute atomic E-state index is 0.0667. The van der Waals surface area contributed by atoms with E-state index in [1.807, 2.05) is 0 Å². The monoisotopic (exact) mass is 313 g/mol. The van der Waals surface area contributed by atoms with Gasteiger partial charge >= 0.3 is 0 Å². The molecule has 1 rings (SSSR count). The first-order valence-corrected chi connectivity index (χ1v) is 9.27. The van der Waals surface area contributed by atoms with Crippen molar-refractivity contribution in [1.29, 1.82) is 0 Å². The van der Waals surface area contributed by atoms with Gasteiger partial charge in [0.15, 0.2) is 9.84 Å². The normalized spacial score (nSPS) is 11.4. The van der Waals surface area contributed by atoms with Crippen molar-refractivity contribution in [1.82, 2.24) is 0 Å². The molecule has 112 valence electrons. The highest BCUT2D eigenvalue weighted by molar-refractivity contribution is 7.90. The van der Waals surface area contributed by atoms with Gasteiger partial charge in [-0.1, -0.05) is 63.0 Å². The lowest BCUT2D eigenvalue weighted by Crippen LogP contribution is -2.12. The first-order chi connectivity index (χ1) is 9.44. The second-order valence-electron chi connectivity index (χ2n) is 5.07. The van der Waals surface area contributed by atoms with Crippen molar-refractivity contribution in [2.24, 2.45) is 5.73 Å². The number of sulfone groups is 1.